The predicted molar refractivity (Wildman–Crippen MR) is 320 cm³/mol. The summed E-state index contributed by atoms with van der Waals surface area (Å²) < 4.78 is 16.0. The van der Waals surface area contributed by atoms with Crippen molar-refractivity contribution in [3.8, 4) is 11.5 Å². The molecule has 6 N–H and O–H groups in total. The Bertz CT molecular complexity index is 3080. The SMILES string of the molecule is C=C(C)C(=C)OCCN(CC)c1cccc(NC(C)=O)c1.C=C(C)C(=O)OCCN(CC)C1=CC(=NC(C)=O)/C(=C2/C(=O)C(c3ccc(N(CC)CCOC(=O)C(=C)C)cc3NC(C)=O)=C2O)C=C1.CCCCO.O=c1c(O)c(O)c1=O. The van der Waals surface area contributed by atoms with Gasteiger partial charge in [-0.15, -0.1) is 0 Å². The number of nitrogens with one attached hydrogen (secondary N) is 2. The van der Waals surface area contributed by atoms with Gasteiger partial charge in [0.05, 0.1) is 42.2 Å². The molecule has 82 heavy (non-hydrogen) atoms. The van der Waals surface area contributed by atoms with Crippen LogP contribution in [0.5, 0.6) is 11.5 Å². The van der Waals surface area contributed by atoms with Crippen LogP contribution in [0.3, 0.4) is 0 Å². The minimum absolute atomic E-state index is 0.00565. The summed E-state index contributed by atoms with van der Waals surface area (Å²) in [5.74, 6) is -3.75. The van der Waals surface area contributed by atoms with Gasteiger partial charge < -0.3 is 60.0 Å². The van der Waals surface area contributed by atoms with E-state index in [-0.39, 0.29) is 53.2 Å². The molecular formula is C61H78N6O15. The molecule has 21 nitrogen and oxygen atoms in total. The third-order valence-corrected chi connectivity index (χ3v) is 11.8. The standard InChI is InChI=1S/C36H42N4O8.C17H24N2O2.C4H2O4.C4H10O/c1-9-39(15-17-47-35(45)21(3)4)25-11-13-27(29(19-25)37-23(7)41)31-33(43)32(34(31)44)28-14-12-26(20-30(28)38-24(8)42)40(10-2)16-18-48-36(46)22(5)6;1-6-19(10-11-21-14(4)13(2)3)17-9-7-8-16(12-17)18-15(5)20;5-1-2(6)4(8)3(1)7;1-2-3-4-5/h11-14,19-20,43H,3,5,9-10,15-18H2,1-2,4,6-8H3,(H,37,41);7-9,12H,2,4,6,10-11H2,1,3,5H3,(H,18,20);5-6H;5H,2-4H2,1H3/b32-28+,38-30?;;;. The molecular weight excluding hydrogens is 1060 g/mol. The number of carbonyl (C=O) groups excluding carboxylic acids is 6. The van der Waals surface area contributed by atoms with E-state index in [2.05, 4.69) is 60.7 Å². The molecule has 0 radical (unpaired) electrons. The highest BCUT2D eigenvalue weighted by molar-refractivity contribution is 6.42. The number of aliphatic imine (C=N–C) groups is 1. The Morgan fingerprint density at radius 1 is 0.622 bits per heavy atom. The average Bonchev–Trinajstić information content (AvgIpc) is 2.77. The number of aliphatic hydroxyl groups is 2. The van der Waals surface area contributed by atoms with Crippen molar-refractivity contribution >= 4 is 69.5 Å². The van der Waals surface area contributed by atoms with Crippen molar-refractivity contribution in [2.24, 2.45) is 4.99 Å². The van der Waals surface area contributed by atoms with E-state index in [4.69, 9.17) is 29.5 Å². The maximum absolute atomic E-state index is 13.7. The van der Waals surface area contributed by atoms with Crippen LogP contribution in [-0.4, -0.2) is 132 Å². The fraction of sp³-hybridized carbons (Fsp3) is 0.361. The van der Waals surface area contributed by atoms with Gasteiger partial charge in [0.15, 0.2) is 0 Å². The number of anilines is 4. The number of Topliss-reactive ketones (excluding diaryl/α,β-unsaturated/α-hetero) is 1. The second-order valence-corrected chi connectivity index (χ2v) is 18.5. The van der Waals surface area contributed by atoms with Gasteiger partial charge in [-0.3, -0.25) is 28.8 Å². The maximum atomic E-state index is 13.7. The smallest absolute Gasteiger partial charge is 0.333 e. The summed E-state index contributed by atoms with van der Waals surface area (Å²) in [5.41, 5.74) is 3.68. The van der Waals surface area contributed by atoms with Crippen molar-refractivity contribution in [3.63, 3.8) is 0 Å². The van der Waals surface area contributed by atoms with Crippen molar-refractivity contribution in [2.75, 3.05) is 86.1 Å². The lowest BCUT2D eigenvalue weighted by Crippen LogP contribution is -2.30. The number of ketones is 1. The molecule has 0 aliphatic heterocycles. The third-order valence-electron chi connectivity index (χ3n) is 11.8. The minimum Gasteiger partial charge on any atom is -0.506 e. The first-order valence-corrected chi connectivity index (χ1v) is 26.4. The van der Waals surface area contributed by atoms with Crippen LogP contribution in [0.25, 0.3) is 5.57 Å². The van der Waals surface area contributed by atoms with Crippen molar-refractivity contribution in [3.05, 3.63) is 158 Å². The van der Waals surface area contributed by atoms with E-state index in [1.54, 1.807) is 50.3 Å². The summed E-state index contributed by atoms with van der Waals surface area (Å²) in [4.78, 5) is 103. The van der Waals surface area contributed by atoms with Gasteiger partial charge in [0.1, 0.15) is 31.3 Å². The molecule has 3 aromatic rings. The average molecular weight is 1140 g/mol. The van der Waals surface area contributed by atoms with Crippen molar-refractivity contribution in [1.82, 2.24) is 4.90 Å². The molecule has 0 atom stereocenters. The molecule has 0 unspecified atom stereocenters. The van der Waals surface area contributed by atoms with Gasteiger partial charge in [0, 0.05) is 92.1 Å². The molecule has 0 fully saturated rings. The number of rotatable bonds is 24. The Morgan fingerprint density at radius 3 is 1.56 bits per heavy atom. The molecule has 3 amide bonds. The quantitative estimate of drug-likeness (QED) is 0.0165. The van der Waals surface area contributed by atoms with E-state index in [1.165, 1.54) is 20.8 Å². The van der Waals surface area contributed by atoms with Crippen molar-refractivity contribution < 1.29 is 63.4 Å². The predicted octanol–water partition coefficient (Wildman–Crippen LogP) is 7.67. The van der Waals surface area contributed by atoms with Crippen LogP contribution in [0, 0.1) is 0 Å². The van der Waals surface area contributed by atoms with Crippen LogP contribution in [0.2, 0.25) is 0 Å². The van der Waals surface area contributed by atoms with E-state index < -0.39 is 46.0 Å². The highest BCUT2D eigenvalue weighted by atomic mass is 16.5. The summed E-state index contributed by atoms with van der Waals surface area (Å²) in [6, 6.07) is 12.8. The van der Waals surface area contributed by atoms with Crippen LogP contribution in [-0.2, 0) is 43.0 Å². The number of likely N-dealkylation sites (N-methyl/N-ethyl adjacent to an activating group) is 3. The number of aromatic hydroxyl groups is 2. The first-order chi connectivity index (χ1) is 38.7. The zero-order valence-electron chi connectivity index (χ0n) is 48.7. The topological polar surface area (TPSA) is 291 Å². The Balaban J connectivity index is 0.000000546. The van der Waals surface area contributed by atoms with Crippen LogP contribution in [0.4, 0.5) is 22.7 Å². The Morgan fingerprint density at radius 2 is 1.13 bits per heavy atom. The van der Waals surface area contributed by atoms with E-state index in [9.17, 15) is 43.5 Å². The molecule has 0 spiro atoms. The van der Waals surface area contributed by atoms with Gasteiger partial charge in [-0.05, 0) is 108 Å². The van der Waals surface area contributed by atoms with Gasteiger partial charge >= 0.3 is 11.9 Å². The molecule has 0 saturated carbocycles. The lowest BCUT2D eigenvalue weighted by molar-refractivity contribution is -0.139. The first-order valence-electron chi connectivity index (χ1n) is 26.4. The summed E-state index contributed by atoms with van der Waals surface area (Å²) in [6.45, 7) is 36.4. The molecule has 0 bridgehead atoms. The number of ether oxygens (including phenoxy) is 3. The van der Waals surface area contributed by atoms with E-state index in [0.29, 0.717) is 78.9 Å². The number of carbonyl (C=O) groups is 6. The first kappa shape index (κ1) is 69.0. The van der Waals surface area contributed by atoms with Gasteiger partial charge in [-0.25, -0.2) is 14.6 Å². The molecule has 3 aromatic carbocycles. The molecule has 21 heteroatoms. The highest BCUT2D eigenvalue weighted by Gasteiger charge is 2.39. The molecule has 0 heterocycles. The molecule has 442 valence electrons. The Hall–Kier alpha value is -9.11. The third kappa shape index (κ3) is 20.8. The molecule has 2 aliphatic rings. The van der Waals surface area contributed by atoms with E-state index in [0.717, 1.165) is 42.9 Å². The number of nitrogens with zero attached hydrogens (tertiary/aromatic N) is 4. The number of hydrogen-bond donors (Lipinski definition) is 6. The number of unbranched alkanes of at least 4 members (excludes halogenated alkanes) is 1. The number of esters is 2. The number of benzene rings is 2. The van der Waals surface area contributed by atoms with Crippen LogP contribution in [0.15, 0.2) is 147 Å². The molecule has 0 aromatic heterocycles. The van der Waals surface area contributed by atoms with Crippen molar-refractivity contribution in [1.29, 1.82) is 0 Å². The lowest BCUT2D eigenvalue weighted by Gasteiger charge is -2.29. The summed E-state index contributed by atoms with van der Waals surface area (Å²) in [6.07, 6.45) is 7.01. The van der Waals surface area contributed by atoms with Gasteiger partial charge in [0.2, 0.25) is 35.0 Å². The number of aliphatic hydroxyl groups excluding tert-OH is 2. The van der Waals surface area contributed by atoms with E-state index >= 15 is 0 Å². The second-order valence-electron chi connectivity index (χ2n) is 18.5. The largest absolute Gasteiger partial charge is 0.506 e. The number of hydrogen-bond acceptors (Lipinski definition) is 18. The van der Waals surface area contributed by atoms with Gasteiger partial charge in [-0.2, -0.15) is 0 Å². The number of allylic oxidation sites excluding steroid dienone is 7. The molecule has 2 aliphatic carbocycles. The monoisotopic (exact) mass is 1130 g/mol. The summed E-state index contributed by atoms with van der Waals surface area (Å²) in [7, 11) is 0. The number of amides is 3. The van der Waals surface area contributed by atoms with Crippen LogP contribution < -0.4 is 31.3 Å². The maximum Gasteiger partial charge on any atom is 0.333 e. The zero-order valence-corrected chi connectivity index (χ0v) is 48.7. The minimum atomic E-state index is -1.01. The highest BCUT2D eigenvalue weighted by Crippen LogP contribution is 2.43. The lowest BCUT2D eigenvalue weighted by atomic mass is 9.78. The van der Waals surface area contributed by atoms with Gasteiger partial charge in [0.25, 0.3) is 10.9 Å². The van der Waals surface area contributed by atoms with Gasteiger partial charge in [-0.1, -0.05) is 45.7 Å². The Kier molecular flexibility index (Phi) is 28.7. The van der Waals surface area contributed by atoms with Crippen LogP contribution in [0.1, 0.15) is 87.6 Å². The summed E-state index contributed by atoms with van der Waals surface area (Å²) in [5, 5.41) is 41.3. The fourth-order valence-electron chi connectivity index (χ4n) is 7.40. The van der Waals surface area contributed by atoms with Crippen molar-refractivity contribution in [2.45, 2.75) is 82.1 Å². The zero-order chi connectivity index (χ0) is 62.0. The normalized spacial score (nSPS) is 13.5. The summed E-state index contributed by atoms with van der Waals surface area (Å²) >= 11 is 0. The Labute approximate surface area is 479 Å². The fourth-order valence-corrected chi connectivity index (χ4v) is 7.40. The van der Waals surface area contributed by atoms with Crippen LogP contribution >= 0.6 is 0 Å². The van der Waals surface area contributed by atoms with E-state index in [1.807, 2.05) is 54.8 Å². The molecule has 0 saturated heterocycles. The molecule has 5 rings (SSSR count). The second kappa shape index (κ2) is 34.1.